The van der Waals surface area contributed by atoms with E-state index in [2.05, 4.69) is 5.16 Å². The van der Waals surface area contributed by atoms with Crippen molar-refractivity contribution in [3.63, 3.8) is 0 Å². The SMILES string of the molecule is COC(=O)c1ccccc1Sc1c(C=NOCc2ccc(C)cc2)c(-c2ccccc2)nn1C. The molecule has 0 aliphatic carbocycles. The molecule has 0 unspecified atom stereocenters. The third-order valence-corrected chi connectivity index (χ3v) is 6.44. The first kappa shape index (κ1) is 23.3. The van der Waals surface area contributed by atoms with Crippen LogP contribution in [-0.4, -0.2) is 29.1 Å². The molecule has 0 saturated carbocycles. The van der Waals surface area contributed by atoms with Gasteiger partial charge in [0.05, 0.1) is 24.5 Å². The fourth-order valence-electron chi connectivity index (χ4n) is 3.40. The average Bonchev–Trinajstić information content (AvgIpc) is 3.18. The Morgan fingerprint density at radius 1 is 1.03 bits per heavy atom. The molecule has 0 spiro atoms. The highest BCUT2D eigenvalue weighted by atomic mass is 32.2. The van der Waals surface area contributed by atoms with Gasteiger partial charge in [-0.25, -0.2) is 4.79 Å². The van der Waals surface area contributed by atoms with Gasteiger partial charge in [0, 0.05) is 17.5 Å². The summed E-state index contributed by atoms with van der Waals surface area (Å²) in [6, 6.07) is 25.4. The second kappa shape index (κ2) is 10.9. The van der Waals surface area contributed by atoms with Gasteiger partial charge >= 0.3 is 5.97 Å². The molecule has 0 atom stereocenters. The monoisotopic (exact) mass is 471 g/mol. The zero-order valence-electron chi connectivity index (χ0n) is 19.3. The van der Waals surface area contributed by atoms with Crippen molar-refractivity contribution in [2.45, 2.75) is 23.5 Å². The standard InChI is InChI=1S/C27H25N3O3S/c1-19-13-15-20(16-14-19)18-33-28-17-23-25(21-9-5-4-6-10-21)29-30(2)26(23)34-24-12-8-7-11-22(24)27(31)32-3/h4-17H,18H2,1-3H3. The number of carbonyl (C=O) groups excluding carboxylic acids is 1. The smallest absolute Gasteiger partial charge is 0.339 e. The minimum atomic E-state index is -0.384. The summed E-state index contributed by atoms with van der Waals surface area (Å²) in [6.45, 7) is 2.42. The summed E-state index contributed by atoms with van der Waals surface area (Å²) >= 11 is 1.44. The Kier molecular flexibility index (Phi) is 7.44. The lowest BCUT2D eigenvalue weighted by Crippen LogP contribution is -2.03. The van der Waals surface area contributed by atoms with Crippen LogP contribution in [0.25, 0.3) is 11.3 Å². The molecule has 0 aliphatic heterocycles. The number of oxime groups is 1. The minimum absolute atomic E-state index is 0.366. The van der Waals surface area contributed by atoms with Crippen LogP contribution in [0.3, 0.4) is 0 Å². The molecule has 1 aromatic heterocycles. The molecule has 0 fully saturated rings. The zero-order chi connectivity index (χ0) is 23.9. The predicted molar refractivity (Wildman–Crippen MR) is 134 cm³/mol. The van der Waals surface area contributed by atoms with Gasteiger partial charge in [0.1, 0.15) is 17.3 Å². The van der Waals surface area contributed by atoms with Crippen LogP contribution >= 0.6 is 11.8 Å². The number of aryl methyl sites for hydroxylation is 2. The Balaban J connectivity index is 1.67. The fourth-order valence-corrected chi connectivity index (χ4v) is 4.44. The number of rotatable bonds is 8. The Morgan fingerprint density at radius 3 is 2.47 bits per heavy atom. The van der Waals surface area contributed by atoms with Crippen LogP contribution in [0.5, 0.6) is 0 Å². The molecule has 0 aliphatic rings. The Hall–Kier alpha value is -3.84. The number of aromatic nitrogens is 2. The molecule has 0 radical (unpaired) electrons. The predicted octanol–water partition coefficient (Wildman–Crippen LogP) is 5.88. The largest absolute Gasteiger partial charge is 0.465 e. The van der Waals surface area contributed by atoms with E-state index in [4.69, 9.17) is 14.7 Å². The van der Waals surface area contributed by atoms with Gasteiger partial charge in [0.25, 0.3) is 0 Å². The summed E-state index contributed by atoms with van der Waals surface area (Å²) in [5, 5.41) is 9.83. The molecule has 34 heavy (non-hydrogen) atoms. The summed E-state index contributed by atoms with van der Waals surface area (Å²) in [5.74, 6) is -0.384. The van der Waals surface area contributed by atoms with Crippen LogP contribution in [0.15, 0.2) is 93.9 Å². The number of hydrogen-bond acceptors (Lipinski definition) is 6. The van der Waals surface area contributed by atoms with E-state index in [-0.39, 0.29) is 5.97 Å². The molecule has 0 N–H and O–H groups in total. The number of esters is 1. The lowest BCUT2D eigenvalue weighted by atomic mass is 10.1. The topological polar surface area (TPSA) is 65.7 Å². The molecule has 0 saturated heterocycles. The van der Waals surface area contributed by atoms with Gasteiger partial charge in [-0.2, -0.15) is 5.10 Å². The molecule has 3 aromatic carbocycles. The maximum Gasteiger partial charge on any atom is 0.339 e. The first-order valence-corrected chi connectivity index (χ1v) is 11.6. The van der Waals surface area contributed by atoms with Crippen LogP contribution in [0.2, 0.25) is 0 Å². The first-order chi connectivity index (χ1) is 16.6. The number of ether oxygens (including phenoxy) is 1. The number of benzene rings is 3. The van der Waals surface area contributed by atoms with Crippen LogP contribution in [0, 0.1) is 6.92 Å². The van der Waals surface area contributed by atoms with Gasteiger partial charge in [-0.3, -0.25) is 4.68 Å². The summed E-state index contributed by atoms with van der Waals surface area (Å²) < 4.78 is 6.75. The van der Waals surface area contributed by atoms with Crippen LogP contribution < -0.4 is 0 Å². The van der Waals surface area contributed by atoms with E-state index in [1.54, 1.807) is 17.0 Å². The molecule has 4 rings (SSSR count). The van der Waals surface area contributed by atoms with Crippen molar-refractivity contribution >= 4 is 23.9 Å². The van der Waals surface area contributed by atoms with Crippen LogP contribution in [-0.2, 0) is 23.2 Å². The van der Waals surface area contributed by atoms with Crippen molar-refractivity contribution in [2.75, 3.05) is 7.11 Å². The van der Waals surface area contributed by atoms with E-state index in [9.17, 15) is 4.79 Å². The Bertz CT molecular complexity index is 1300. The van der Waals surface area contributed by atoms with E-state index < -0.39 is 0 Å². The van der Waals surface area contributed by atoms with E-state index in [1.807, 2.05) is 86.8 Å². The molecule has 0 amide bonds. The van der Waals surface area contributed by atoms with Gasteiger partial charge < -0.3 is 9.57 Å². The zero-order valence-corrected chi connectivity index (χ0v) is 20.1. The highest BCUT2D eigenvalue weighted by Gasteiger charge is 2.20. The maximum absolute atomic E-state index is 12.3. The van der Waals surface area contributed by atoms with Crippen molar-refractivity contribution in [1.82, 2.24) is 9.78 Å². The molecule has 172 valence electrons. The van der Waals surface area contributed by atoms with Gasteiger partial charge in [-0.1, -0.05) is 89.2 Å². The molecular formula is C27H25N3O3S. The highest BCUT2D eigenvalue weighted by Crippen LogP contribution is 2.36. The Morgan fingerprint density at radius 2 is 1.74 bits per heavy atom. The lowest BCUT2D eigenvalue weighted by Gasteiger charge is -2.08. The number of nitrogens with zero attached hydrogens (tertiary/aromatic N) is 3. The second-order valence-electron chi connectivity index (χ2n) is 7.64. The van der Waals surface area contributed by atoms with Crippen molar-refractivity contribution in [1.29, 1.82) is 0 Å². The maximum atomic E-state index is 12.3. The van der Waals surface area contributed by atoms with Crippen molar-refractivity contribution in [2.24, 2.45) is 12.2 Å². The van der Waals surface area contributed by atoms with Gasteiger partial charge in [0.2, 0.25) is 0 Å². The van der Waals surface area contributed by atoms with Gasteiger partial charge in [-0.05, 0) is 24.6 Å². The summed E-state index contributed by atoms with van der Waals surface area (Å²) in [5.41, 5.74) is 5.29. The highest BCUT2D eigenvalue weighted by molar-refractivity contribution is 7.99. The summed E-state index contributed by atoms with van der Waals surface area (Å²) in [6.07, 6.45) is 1.69. The van der Waals surface area contributed by atoms with Crippen molar-refractivity contribution < 1.29 is 14.4 Å². The van der Waals surface area contributed by atoms with Crippen molar-refractivity contribution in [3.05, 3.63) is 101 Å². The molecule has 6 nitrogen and oxygen atoms in total. The minimum Gasteiger partial charge on any atom is -0.465 e. The first-order valence-electron chi connectivity index (χ1n) is 10.8. The summed E-state index contributed by atoms with van der Waals surface area (Å²) in [7, 11) is 3.25. The second-order valence-corrected chi connectivity index (χ2v) is 8.67. The third-order valence-electron chi connectivity index (χ3n) is 5.18. The molecule has 1 heterocycles. The van der Waals surface area contributed by atoms with E-state index in [0.29, 0.717) is 12.2 Å². The van der Waals surface area contributed by atoms with Crippen molar-refractivity contribution in [3.8, 4) is 11.3 Å². The number of carbonyl (C=O) groups is 1. The van der Waals surface area contributed by atoms with E-state index in [0.717, 1.165) is 32.3 Å². The average molecular weight is 472 g/mol. The van der Waals surface area contributed by atoms with E-state index >= 15 is 0 Å². The molecule has 4 aromatic rings. The summed E-state index contributed by atoms with van der Waals surface area (Å²) in [4.78, 5) is 18.7. The molecule has 7 heteroatoms. The molecular weight excluding hydrogens is 446 g/mol. The number of methoxy groups -OCH3 is 1. The van der Waals surface area contributed by atoms with Crippen LogP contribution in [0.4, 0.5) is 0 Å². The normalized spacial score (nSPS) is 11.0. The quantitative estimate of drug-likeness (QED) is 0.182. The van der Waals surface area contributed by atoms with Gasteiger partial charge in [-0.15, -0.1) is 0 Å². The lowest BCUT2D eigenvalue weighted by molar-refractivity contribution is 0.0597. The third kappa shape index (κ3) is 5.38. The Labute approximate surface area is 203 Å². The van der Waals surface area contributed by atoms with Gasteiger partial charge in [0.15, 0.2) is 0 Å². The number of hydrogen-bond donors (Lipinski definition) is 0. The molecule has 0 bridgehead atoms. The fraction of sp³-hybridized carbons (Fsp3) is 0.148. The van der Waals surface area contributed by atoms with E-state index in [1.165, 1.54) is 24.4 Å². The van der Waals surface area contributed by atoms with Crippen LogP contribution in [0.1, 0.15) is 27.0 Å².